The molecule has 2 aromatic rings. The molecule has 0 amide bonds. The number of aryl methyl sites for hydroxylation is 2. The zero-order valence-electron chi connectivity index (χ0n) is 8.89. The molecule has 0 aromatic carbocycles. The number of rotatable bonds is 2. The third kappa shape index (κ3) is 1.64. The van der Waals surface area contributed by atoms with Gasteiger partial charge in [0.1, 0.15) is 0 Å². The number of hydrogen-bond donors (Lipinski definition) is 1. The summed E-state index contributed by atoms with van der Waals surface area (Å²) in [7, 11) is 0. The molecule has 0 radical (unpaired) electrons. The van der Waals surface area contributed by atoms with Crippen molar-refractivity contribution in [2.75, 3.05) is 0 Å². The summed E-state index contributed by atoms with van der Waals surface area (Å²) in [5.74, 6) is 0. The highest BCUT2D eigenvalue weighted by atomic mass is 32.1. The number of nitrogens with zero attached hydrogens (tertiary/aromatic N) is 2. The molecule has 2 aromatic heterocycles. The first kappa shape index (κ1) is 9.93. The summed E-state index contributed by atoms with van der Waals surface area (Å²) >= 11 is 1.83. The summed E-state index contributed by atoms with van der Waals surface area (Å²) < 4.78 is 0. The molecule has 0 saturated carbocycles. The number of aromatic nitrogens is 2. The minimum atomic E-state index is -0.121. The normalized spacial score (nSPS) is 16.1. The third-order valence-corrected chi connectivity index (χ3v) is 4.29. The SMILES string of the molecule is NC(c1cnccn1)c1cc2c(s1)CCC2. The molecule has 3 rings (SSSR count). The number of fused-ring (bicyclic) bond motifs is 1. The Balaban J connectivity index is 1.92. The maximum atomic E-state index is 6.19. The Bertz CT molecular complexity index is 471. The van der Waals surface area contributed by atoms with E-state index in [9.17, 15) is 0 Å². The van der Waals surface area contributed by atoms with E-state index < -0.39 is 0 Å². The molecular formula is C12H13N3S. The molecule has 16 heavy (non-hydrogen) atoms. The fourth-order valence-electron chi connectivity index (χ4n) is 2.12. The molecule has 1 atom stereocenters. The molecule has 1 aliphatic carbocycles. The van der Waals surface area contributed by atoms with Crippen LogP contribution in [0.4, 0.5) is 0 Å². The van der Waals surface area contributed by atoms with Gasteiger partial charge in [-0.2, -0.15) is 0 Å². The molecule has 0 aliphatic heterocycles. The summed E-state index contributed by atoms with van der Waals surface area (Å²) in [5, 5.41) is 0. The van der Waals surface area contributed by atoms with Gasteiger partial charge in [-0.25, -0.2) is 0 Å². The molecule has 3 nitrogen and oxygen atoms in total. The standard InChI is InChI=1S/C12H13N3S/c13-12(9-7-14-4-5-15-9)11-6-8-2-1-3-10(8)16-11/h4-7,12H,1-3,13H2. The van der Waals surface area contributed by atoms with Gasteiger partial charge in [-0.05, 0) is 30.9 Å². The van der Waals surface area contributed by atoms with Crippen LogP contribution < -0.4 is 5.73 Å². The first-order valence-electron chi connectivity index (χ1n) is 5.47. The van der Waals surface area contributed by atoms with Crippen molar-refractivity contribution in [1.29, 1.82) is 0 Å². The zero-order valence-corrected chi connectivity index (χ0v) is 9.70. The molecule has 1 unspecified atom stereocenters. The fourth-order valence-corrected chi connectivity index (χ4v) is 3.39. The van der Waals surface area contributed by atoms with Crippen molar-refractivity contribution in [3.05, 3.63) is 45.7 Å². The Kier molecular flexibility index (Phi) is 2.46. The van der Waals surface area contributed by atoms with E-state index in [1.54, 1.807) is 18.6 Å². The lowest BCUT2D eigenvalue weighted by Gasteiger charge is -2.07. The van der Waals surface area contributed by atoms with Crippen LogP contribution in [0.3, 0.4) is 0 Å². The van der Waals surface area contributed by atoms with Crippen LogP contribution >= 0.6 is 11.3 Å². The molecular weight excluding hydrogens is 218 g/mol. The van der Waals surface area contributed by atoms with Crippen LogP contribution in [-0.2, 0) is 12.8 Å². The molecule has 0 fully saturated rings. The monoisotopic (exact) mass is 231 g/mol. The number of hydrogen-bond acceptors (Lipinski definition) is 4. The Morgan fingerprint density at radius 3 is 3.00 bits per heavy atom. The maximum Gasteiger partial charge on any atom is 0.0835 e. The number of nitrogens with two attached hydrogens (primary N) is 1. The topological polar surface area (TPSA) is 51.8 Å². The van der Waals surface area contributed by atoms with Crippen molar-refractivity contribution in [3.63, 3.8) is 0 Å². The summed E-state index contributed by atoms with van der Waals surface area (Å²) in [6, 6.07) is 2.12. The molecule has 0 saturated heterocycles. The molecule has 82 valence electrons. The van der Waals surface area contributed by atoms with Gasteiger partial charge in [-0.3, -0.25) is 9.97 Å². The van der Waals surface area contributed by atoms with Crippen LogP contribution in [0.2, 0.25) is 0 Å². The molecule has 1 aliphatic rings. The van der Waals surface area contributed by atoms with E-state index in [0.717, 1.165) is 5.69 Å². The predicted molar refractivity (Wildman–Crippen MR) is 64.4 cm³/mol. The van der Waals surface area contributed by atoms with E-state index in [1.165, 1.54) is 34.6 Å². The van der Waals surface area contributed by atoms with E-state index in [2.05, 4.69) is 16.0 Å². The van der Waals surface area contributed by atoms with Crippen molar-refractivity contribution in [2.24, 2.45) is 5.73 Å². The zero-order chi connectivity index (χ0) is 11.0. The van der Waals surface area contributed by atoms with Crippen LogP contribution in [-0.4, -0.2) is 9.97 Å². The lowest BCUT2D eigenvalue weighted by Crippen LogP contribution is -2.12. The van der Waals surface area contributed by atoms with Crippen molar-refractivity contribution < 1.29 is 0 Å². The summed E-state index contributed by atoms with van der Waals surface area (Å²) in [4.78, 5) is 11.0. The first-order chi connectivity index (χ1) is 7.84. The minimum Gasteiger partial charge on any atom is -0.318 e. The lowest BCUT2D eigenvalue weighted by molar-refractivity contribution is 0.831. The summed E-state index contributed by atoms with van der Waals surface area (Å²) in [6.07, 6.45) is 8.82. The second kappa shape index (κ2) is 3.96. The van der Waals surface area contributed by atoms with Gasteiger partial charge in [0.15, 0.2) is 0 Å². The highest BCUT2D eigenvalue weighted by Gasteiger charge is 2.19. The fraction of sp³-hybridized carbons (Fsp3) is 0.333. The Morgan fingerprint density at radius 2 is 2.25 bits per heavy atom. The summed E-state index contributed by atoms with van der Waals surface area (Å²) in [5.41, 5.74) is 8.52. The van der Waals surface area contributed by atoms with E-state index in [-0.39, 0.29) is 6.04 Å². The Morgan fingerprint density at radius 1 is 1.31 bits per heavy atom. The Hall–Kier alpha value is -1.26. The van der Waals surface area contributed by atoms with Gasteiger partial charge in [-0.15, -0.1) is 11.3 Å². The van der Waals surface area contributed by atoms with Crippen LogP contribution in [0.5, 0.6) is 0 Å². The van der Waals surface area contributed by atoms with E-state index in [1.807, 2.05) is 11.3 Å². The van der Waals surface area contributed by atoms with Crippen LogP contribution in [0, 0.1) is 0 Å². The highest BCUT2D eigenvalue weighted by molar-refractivity contribution is 7.12. The van der Waals surface area contributed by atoms with Gasteiger partial charge in [0.25, 0.3) is 0 Å². The quantitative estimate of drug-likeness (QED) is 0.861. The molecule has 0 spiro atoms. The molecule has 4 heteroatoms. The first-order valence-corrected chi connectivity index (χ1v) is 6.29. The lowest BCUT2D eigenvalue weighted by atomic mass is 10.1. The van der Waals surface area contributed by atoms with E-state index >= 15 is 0 Å². The minimum absolute atomic E-state index is 0.121. The van der Waals surface area contributed by atoms with Gasteiger partial charge >= 0.3 is 0 Å². The van der Waals surface area contributed by atoms with Crippen LogP contribution in [0.25, 0.3) is 0 Å². The van der Waals surface area contributed by atoms with Gasteiger partial charge in [0.05, 0.1) is 17.9 Å². The van der Waals surface area contributed by atoms with E-state index in [0.29, 0.717) is 0 Å². The summed E-state index contributed by atoms with van der Waals surface area (Å²) in [6.45, 7) is 0. The molecule has 2 N–H and O–H groups in total. The van der Waals surface area contributed by atoms with Crippen molar-refractivity contribution in [2.45, 2.75) is 25.3 Å². The van der Waals surface area contributed by atoms with Crippen molar-refractivity contribution in [1.82, 2.24) is 9.97 Å². The second-order valence-corrected chi connectivity index (χ2v) is 5.23. The average molecular weight is 231 g/mol. The van der Waals surface area contributed by atoms with Crippen molar-refractivity contribution in [3.8, 4) is 0 Å². The smallest absolute Gasteiger partial charge is 0.0835 e. The van der Waals surface area contributed by atoms with Gasteiger partial charge in [-0.1, -0.05) is 0 Å². The van der Waals surface area contributed by atoms with Gasteiger partial charge in [0.2, 0.25) is 0 Å². The Labute approximate surface area is 98.4 Å². The molecule has 0 bridgehead atoms. The highest BCUT2D eigenvalue weighted by Crippen LogP contribution is 2.34. The largest absolute Gasteiger partial charge is 0.318 e. The van der Waals surface area contributed by atoms with E-state index in [4.69, 9.17) is 5.73 Å². The van der Waals surface area contributed by atoms with Crippen LogP contribution in [0.15, 0.2) is 24.7 Å². The molecule has 2 heterocycles. The number of thiophene rings is 1. The van der Waals surface area contributed by atoms with Gasteiger partial charge < -0.3 is 5.73 Å². The second-order valence-electron chi connectivity index (χ2n) is 4.06. The third-order valence-electron chi connectivity index (χ3n) is 2.97. The predicted octanol–water partition coefficient (Wildman–Crippen LogP) is 2.07. The van der Waals surface area contributed by atoms with Crippen LogP contribution in [0.1, 0.15) is 33.5 Å². The van der Waals surface area contributed by atoms with Gasteiger partial charge in [0, 0.05) is 22.1 Å². The maximum absolute atomic E-state index is 6.19. The average Bonchev–Trinajstić information content (AvgIpc) is 2.89. The van der Waals surface area contributed by atoms with Crippen molar-refractivity contribution >= 4 is 11.3 Å².